The molecule has 0 atom stereocenters. The van der Waals surface area contributed by atoms with E-state index in [0.29, 0.717) is 36.3 Å². The first-order valence-electron chi connectivity index (χ1n) is 8.52. The average molecular weight is 395 g/mol. The lowest BCUT2D eigenvalue weighted by Gasteiger charge is -2.20. The molecule has 26 heavy (non-hydrogen) atoms. The van der Waals surface area contributed by atoms with Crippen LogP contribution in [-0.2, 0) is 13.0 Å². The molecule has 0 fully saturated rings. The van der Waals surface area contributed by atoms with Gasteiger partial charge >= 0.3 is 0 Å². The maximum atomic E-state index is 6.28. The second kappa shape index (κ2) is 8.60. The molecule has 0 spiro atoms. The van der Waals surface area contributed by atoms with Crippen molar-refractivity contribution in [3.8, 4) is 11.5 Å². The number of nitrogens with zero attached hydrogens (tertiary/aromatic N) is 2. The van der Waals surface area contributed by atoms with Crippen molar-refractivity contribution < 1.29 is 9.47 Å². The number of aryl methyl sites for hydroxylation is 2. The number of aromatic nitrogens is 1. The van der Waals surface area contributed by atoms with Crippen molar-refractivity contribution in [3.63, 3.8) is 0 Å². The van der Waals surface area contributed by atoms with Gasteiger partial charge in [0.05, 0.1) is 15.7 Å². The Bertz CT molecular complexity index is 787. The van der Waals surface area contributed by atoms with E-state index in [1.54, 1.807) is 18.4 Å². The Morgan fingerprint density at radius 1 is 1.27 bits per heavy atom. The summed E-state index contributed by atoms with van der Waals surface area (Å²) in [6.07, 6.45) is 0.871. The summed E-state index contributed by atoms with van der Waals surface area (Å²) < 4.78 is 11.2. The molecule has 8 heteroatoms. The van der Waals surface area contributed by atoms with Crippen LogP contribution in [0.4, 0.5) is 0 Å². The van der Waals surface area contributed by atoms with Gasteiger partial charge in [-0.2, -0.15) is 0 Å². The third-order valence-electron chi connectivity index (χ3n) is 4.04. The number of thiazole rings is 1. The van der Waals surface area contributed by atoms with E-state index in [1.807, 2.05) is 19.1 Å². The first kappa shape index (κ1) is 18.8. The van der Waals surface area contributed by atoms with Gasteiger partial charge in [-0.05, 0) is 31.5 Å². The molecule has 2 heterocycles. The van der Waals surface area contributed by atoms with Crippen LogP contribution in [0.25, 0.3) is 0 Å². The fourth-order valence-corrected chi connectivity index (χ4v) is 3.83. The van der Waals surface area contributed by atoms with Crippen LogP contribution in [-0.4, -0.2) is 37.7 Å². The second-order valence-electron chi connectivity index (χ2n) is 5.95. The molecule has 3 rings (SSSR count). The minimum atomic E-state index is 0.527. The molecule has 0 unspecified atom stereocenters. The van der Waals surface area contributed by atoms with Gasteiger partial charge in [0.1, 0.15) is 13.2 Å². The van der Waals surface area contributed by atoms with Gasteiger partial charge in [-0.3, -0.25) is 4.99 Å². The van der Waals surface area contributed by atoms with Crippen LogP contribution >= 0.6 is 22.9 Å². The zero-order chi connectivity index (χ0) is 18.5. The van der Waals surface area contributed by atoms with Gasteiger partial charge in [-0.15, -0.1) is 11.3 Å². The molecule has 0 aliphatic carbocycles. The van der Waals surface area contributed by atoms with Gasteiger partial charge in [0.2, 0.25) is 0 Å². The van der Waals surface area contributed by atoms with Crippen LogP contribution in [0.3, 0.4) is 0 Å². The van der Waals surface area contributed by atoms with E-state index in [0.717, 1.165) is 35.2 Å². The number of ether oxygens (including phenoxy) is 2. The van der Waals surface area contributed by atoms with Gasteiger partial charge in [0, 0.05) is 31.4 Å². The standard InChI is InChI=1S/C18H23ClN4O2S/c1-11-12(2)26-16(23-11)4-5-21-18(20-3)22-10-13-8-14(19)17-15(9-13)24-6-7-25-17/h8-9H,4-7,10H2,1-3H3,(H2,20,21,22). The van der Waals surface area contributed by atoms with E-state index in [1.165, 1.54) is 4.88 Å². The highest BCUT2D eigenvalue weighted by Gasteiger charge is 2.16. The third-order valence-corrected chi connectivity index (χ3v) is 5.46. The summed E-state index contributed by atoms with van der Waals surface area (Å²) in [7, 11) is 1.75. The summed E-state index contributed by atoms with van der Waals surface area (Å²) in [5.74, 6) is 2.05. The number of hydrogen-bond donors (Lipinski definition) is 2. The molecule has 6 nitrogen and oxygen atoms in total. The summed E-state index contributed by atoms with van der Waals surface area (Å²) in [6, 6.07) is 3.83. The first-order chi connectivity index (χ1) is 12.6. The van der Waals surface area contributed by atoms with Crippen LogP contribution in [0.15, 0.2) is 17.1 Å². The van der Waals surface area contributed by atoms with Crippen molar-refractivity contribution in [3.05, 3.63) is 38.3 Å². The van der Waals surface area contributed by atoms with Crippen molar-refractivity contribution in [2.45, 2.75) is 26.8 Å². The van der Waals surface area contributed by atoms with Gasteiger partial charge in [-0.1, -0.05) is 11.6 Å². The molecular weight excluding hydrogens is 372 g/mol. The number of nitrogens with one attached hydrogen (secondary N) is 2. The Labute approximate surface area is 162 Å². The maximum Gasteiger partial charge on any atom is 0.191 e. The van der Waals surface area contributed by atoms with Gasteiger partial charge in [-0.25, -0.2) is 4.98 Å². The van der Waals surface area contributed by atoms with Crippen LogP contribution in [0.5, 0.6) is 11.5 Å². The van der Waals surface area contributed by atoms with Crippen molar-refractivity contribution in [2.24, 2.45) is 4.99 Å². The van der Waals surface area contributed by atoms with E-state index >= 15 is 0 Å². The molecule has 0 bridgehead atoms. The Balaban J connectivity index is 1.52. The summed E-state index contributed by atoms with van der Waals surface area (Å²) in [6.45, 7) is 6.57. The summed E-state index contributed by atoms with van der Waals surface area (Å²) >= 11 is 8.02. The van der Waals surface area contributed by atoms with Crippen LogP contribution in [0.1, 0.15) is 21.1 Å². The highest BCUT2D eigenvalue weighted by atomic mass is 35.5. The molecule has 0 amide bonds. The lowest BCUT2D eigenvalue weighted by atomic mass is 10.2. The summed E-state index contributed by atoms with van der Waals surface area (Å²) in [4.78, 5) is 10.1. The van der Waals surface area contributed by atoms with Crippen molar-refractivity contribution in [2.75, 3.05) is 26.8 Å². The fourth-order valence-electron chi connectivity index (χ4n) is 2.61. The number of rotatable bonds is 5. The lowest BCUT2D eigenvalue weighted by Crippen LogP contribution is -2.37. The molecule has 0 saturated carbocycles. The van der Waals surface area contributed by atoms with E-state index in [9.17, 15) is 0 Å². The highest BCUT2D eigenvalue weighted by molar-refractivity contribution is 7.11. The SMILES string of the molecule is CN=C(NCCc1nc(C)c(C)s1)NCc1cc(Cl)c2c(c1)OCCO2. The van der Waals surface area contributed by atoms with Crippen molar-refractivity contribution in [1.82, 2.24) is 15.6 Å². The topological polar surface area (TPSA) is 67.8 Å². The number of hydrogen-bond acceptors (Lipinski definition) is 5. The number of aliphatic imine (C=N–C) groups is 1. The smallest absolute Gasteiger partial charge is 0.191 e. The Kier molecular flexibility index (Phi) is 6.21. The molecule has 1 aliphatic heterocycles. The molecule has 2 N–H and O–H groups in total. The second-order valence-corrected chi connectivity index (χ2v) is 7.65. The van der Waals surface area contributed by atoms with Gasteiger partial charge < -0.3 is 20.1 Å². The number of fused-ring (bicyclic) bond motifs is 1. The van der Waals surface area contributed by atoms with Crippen LogP contribution < -0.4 is 20.1 Å². The number of benzene rings is 1. The van der Waals surface area contributed by atoms with E-state index in [-0.39, 0.29) is 0 Å². The molecule has 1 aromatic heterocycles. The summed E-state index contributed by atoms with van der Waals surface area (Å²) in [5, 5.41) is 8.31. The van der Waals surface area contributed by atoms with Gasteiger partial charge in [0.25, 0.3) is 0 Å². The van der Waals surface area contributed by atoms with Crippen molar-refractivity contribution >= 4 is 28.9 Å². The van der Waals surface area contributed by atoms with E-state index < -0.39 is 0 Å². The van der Waals surface area contributed by atoms with E-state index in [2.05, 4.69) is 27.5 Å². The maximum absolute atomic E-state index is 6.28. The normalized spacial score (nSPS) is 13.6. The Morgan fingerprint density at radius 3 is 2.81 bits per heavy atom. The highest BCUT2D eigenvalue weighted by Crippen LogP contribution is 2.38. The van der Waals surface area contributed by atoms with E-state index in [4.69, 9.17) is 21.1 Å². The van der Waals surface area contributed by atoms with Crippen LogP contribution in [0.2, 0.25) is 5.02 Å². The zero-order valence-corrected chi connectivity index (χ0v) is 16.8. The largest absolute Gasteiger partial charge is 0.486 e. The minimum absolute atomic E-state index is 0.527. The van der Waals surface area contributed by atoms with Crippen LogP contribution in [0, 0.1) is 13.8 Å². The predicted molar refractivity (Wildman–Crippen MR) is 106 cm³/mol. The molecule has 2 aromatic rings. The first-order valence-corrected chi connectivity index (χ1v) is 9.71. The molecule has 0 radical (unpaired) electrons. The summed E-state index contributed by atoms with van der Waals surface area (Å²) in [5.41, 5.74) is 2.12. The third kappa shape index (κ3) is 4.59. The molecule has 0 saturated heterocycles. The Morgan fingerprint density at radius 2 is 2.08 bits per heavy atom. The Hall–Kier alpha value is -1.99. The molecule has 1 aliphatic rings. The van der Waals surface area contributed by atoms with Gasteiger partial charge in [0.15, 0.2) is 17.5 Å². The average Bonchev–Trinajstić information content (AvgIpc) is 2.95. The molecule has 140 valence electrons. The fraction of sp³-hybridized carbons (Fsp3) is 0.444. The predicted octanol–water partition coefficient (Wildman–Crippen LogP) is 3.09. The molecule has 1 aromatic carbocycles. The number of halogens is 1. The minimum Gasteiger partial charge on any atom is -0.486 e. The quantitative estimate of drug-likeness (QED) is 0.602. The zero-order valence-electron chi connectivity index (χ0n) is 15.2. The lowest BCUT2D eigenvalue weighted by molar-refractivity contribution is 0.171. The number of guanidine groups is 1. The molecular formula is C18H23ClN4O2S. The van der Waals surface area contributed by atoms with Crippen molar-refractivity contribution in [1.29, 1.82) is 0 Å². The monoisotopic (exact) mass is 394 g/mol.